The van der Waals surface area contributed by atoms with Crippen LogP contribution in [-0.4, -0.2) is 33.8 Å². The fourth-order valence-electron chi connectivity index (χ4n) is 4.47. The van der Waals surface area contributed by atoms with Gasteiger partial charge in [-0.25, -0.2) is 9.97 Å². The number of fused-ring (bicyclic) bond motifs is 1. The SMILES string of the molecule is CC1CCN(c2nc(C(C)(C)C)ccc2CCC(=O)C(C)c2ccc3nc[nH]c3c2)CC1. The Bertz CT molecular complexity index is 1090. The smallest absolute Gasteiger partial charge is 0.140 e. The number of piperidine rings is 1. The molecule has 1 aliphatic rings. The highest BCUT2D eigenvalue weighted by Crippen LogP contribution is 2.30. The van der Waals surface area contributed by atoms with Crippen LogP contribution >= 0.6 is 0 Å². The van der Waals surface area contributed by atoms with Gasteiger partial charge in [0.1, 0.15) is 11.6 Å². The molecule has 0 radical (unpaired) electrons. The lowest BCUT2D eigenvalue weighted by molar-refractivity contribution is -0.120. The van der Waals surface area contributed by atoms with Crippen molar-refractivity contribution in [1.82, 2.24) is 15.0 Å². The molecule has 2 aromatic heterocycles. The summed E-state index contributed by atoms with van der Waals surface area (Å²) in [6, 6.07) is 10.4. The van der Waals surface area contributed by atoms with Crippen molar-refractivity contribution in [2.75, 3.05) is 18.0 Å². The number of hydrogen-bond acceptors (Lipinski definition) is 4. The molecule has 5 heteroatoms. The van der Waals surface area contributed by atoms with E-state index >= 15 is 0 Å². The molecule has 1 N–H and O–H groups in total. The van der Waals surface area contributed by atoms with Gasteiger partial charge in [-0.05, 0) is 54.5 Å². The molecule has 3 heterocycles. The molecule has 1 aromatic carbocycles. The zero-order valence-corrected chi connectivity index (χ0v) is 20.1. The predicted octanol–water partition coefficient (Wildman–Crippen LogP) is 5.80. The highest BCUT2D eigenvalue weighted by molar-refractivity contribution is 5.87. The number of anilines is 1. The Labute approximate surface area is 191 Å². The molecule has 5 nitrogen and oxygen atoms in total. The second-order valence-corrected chi connectivity index (χ2v) is 10.5. The van der Waals surface area contributed by atoms with Gasteiger partial charge in [0.25, 0.3) is 0 Å². The van der Waals surface area contributed by atoms with Crippen LogP contribution in [0.4, 0.5) is 5.82 Å². The maximum absolute atomic E-state index is 13.1. The summed E-state index contributed by atoms with van der Waals surface area (Å²) in [7, 11) is 0. The molecule has 3 aromatic rings. The molecule has 4 rings (SSSR count). The van der Waals surface area contributed by atoms with Gasteiger partial charge in [0.05, 0.1) is 17.4 Å². The number of imidazole rings is 1. The Balaban J connectivity index is 1.51. The van der Waals surface area contributed by atoms with E-state index in [1.807, 2.05) is 25.1 Å². The van der Waals surface area contributed by atoms with Crippen LogP contribution in [0, 0.1) is 5.92 Å². The summed E-state index contributed by atoms with van der Waals surface area (Å²) in [6.07, 6.45) is 5.35. The molecule has 0 amide bonds. The number of carbonyl (C=O) groups is 1. The topological polar surface area (TPSA) is 61.9 Å². The van der Waals surface area contributed by atoms with Crippen LogP contribution in [0.25, 0.3) is 11.0 Å². The van der Waals surface area contributed by atoms with Crippen molar-refractivity contribution in [3.05, 3.63) is 53.5 Å². The number of hydrogen-bond donors (Lipinski definition) is 1. The number of pyridine rings is 1. The van der Waals surface area contributed by atoms with E-state index in [1.165, 1.54) is 18.4 Å². The molecular formula is C27H36N4O. The summed E-state index contributed by atoms with van der Waals surface area (Å²) in [5.41, 5.74) is 5.26. The quantitative estimate of drug-likeness (QED) is 0.535. The number of rotatable bonds is 6. The minimum absolute atomic E-state index is 0.00596. The Morgan fingerprint density at radius 1 is 1.19 bits per heavy atom. The van der Waals surface area contributed by atoms with Crippen LogP contribution in [0.2, 0.25) is 0 Å². The molecule has 1 aliphatic heterocycles. The van der Waals surface area contributed by atoms with Crippen molar-refractivity contribution in [2.45, 2.75) is 71.6 Å². The molecule has 1 saturated heterocycles. The Morgan fingerprint density at radius 2 is 1.94 bits per heavy atom. The van der Waals surface area contributed by atoms with Gasteiger partial charge in [-0.2, -0.15) is 0 Å². The second kappa shape index (κ2) is 9.05. The fraction of sp³-hybridized carbons (Fsp3) is 0.519. The van der Waals surface area contributed by atoms with Crippen LogP contribution < -0.4 is 4.90 Å². The van der Waals surface area contributed by atoms with Crippen molar-refractivity contribution in [3.8, 4) is 0 Å². The summed E-state index contributed by atoms with van der Waals surface area (Å²) in [4.78, 5) is 28.0. The highest BCUT2D eigenvalue weighted by atomic mass is 16.1. The van der Waals surface area contributed by atoms with Crippen LogP contribution in [0.5, 0.6) is 0 Å². The van der Waals surface area contributed by atoms with Gasteiger partial charge in [0.15, 0.2) is 0 Å². The van der Waals surface area contributed by atoms with Crippen molar-refractivity contribution < 1.29 is 4.79 Å². The predicted molar refractivity (Wildman–Crippen MR) is 131 cm³/mol. The third-order valence-corrected chi connectivity index (χ3v) is 6.88. The number of Topliss-reactive ketones (excluding diaryl/α,β-unsaturated/α-hetero) is 1. The van der Waals surface area contributed by atoms with Crippen molar-refractivity contribution in [1.29, 1.82) is 0 Å². The second-order valence-electron chi connectivity index (χ2n) is 10.5. The number of nitrogens with one attached hydrogen (secondary N) is 1. The van der Waals surface area contributed by atoms with Gasteiger partial charge in [-0.15, -0.1) is 0 Å². The van der Waals surface area contributed by atoms with Crippen LogP contribution in [0.1, 0.15) is 76.6 Å². The molecule has 0 spiro atoms. The van der Waals surface area contributed by atoms with E-state index in [0.717, 1.165) is 53.5 Å². The fourth-order valence-corrected chi connectivity index (χ4v) is 4.47. The average Bonchev–Trinajstić information content (AvgIpc) is 3.24. The molecule has 1 unspecified atom stereocenters. The van der Waals surface area contributed by atoms with E-state index in [2.05, 4.69) is 54.7 Å². The van der Waals surface area contributed by atoms with Crippen LogP contribution in [-0.2, 0) is 16.6 Å². The van der Waals surface area contributed by atoms with E-state index in [-0.39, 0.29) is 17.1 Å². The first-order chi connectivity index (χ1) is 15.2. The molecule has 170 valence electrons. The van der Waals surface area contributed by atoms with Gasteiger partial charge < -0.3 is 9.88 Å². The van der Waals surface area contributed by atoms with Crippen LogP contribution in [0.3, 0.4) is 0 Å². The average molecular weight is 433 g/mol. The number of H-pyrrole nitrogens is 1. The van der Waals surface area contributed by atoms with Crippen molar-refractivity contribution in [2.24, 2.45) is 5.92 Å². The number of carbonyl (C=O) groups excluding carboxylic acids is 1. The van der Waals surface area contributed by atoms with Crippen molar-refractivity contribution >= 4 is 22.6 Å². The van der Waals surface area contributed by atoms with Gasteiger partial charge >= 0.3 is 0 Å². The number of aromatic amines is 1. The van der Waals surface area contributed by atoms with Gasteiger partial charge in [0, 0.05) is 36.5 Å². The molecule has 0 bridgehead atoms. The maximum atomic E-state index is 13.1. The van der Waals surface area contributed by atoms with E-state index in [9.17, 15) is 4.79 Å². The molecule has 0 saturated carbocycles. The lowest BCUT2D eigenvalue weighted by atomic mass is 9.90. The van der Waals surface area contributed by atoms with E-state index < -0.39 is 0 Å². The first-order valence-electron chi connectivity index (χ1n) is 11.9. The lowest BCUT2D eigenvalue weighted by Gasteiger charge is -2.33. The number of aromatic nitrogens is 3. The zero-order chi connectivity index (χ0) is 22.9. The van der Waals surface area contributed by atoms with Gasteiger partial charge in [-0.1, -0.05) is 46.8 Å². The minimum Gasteiger partial charge on any atom is -0.356 e. The van der Waals surface area contributed by atoms with E-state index in [4.69, 9.17) is 4.98 Å². The number of aryl methyl sites for hydroxylation is 1. The number of ketones is 1. The Kier molecular flexibility index (Phi) is 6.36. The summed E-state index contributed by atoms with van der Waals surface area (Å²) in [5.74, 6) is 1.99. The third kappa shape index (κ3) is 4.87. The monoisotopic (exact) mass is 432 g/mol. The largest absolute Gasteiger partial charge is 0.356 e. The molecule has 1 atom stereocenters. The Morgan fingerprint density at radius 3 is 2.66 bits per heavy atom. The normalized spacial score (nSPS) is 16.5. The number of nitrogens with zero attached hydrogens (tertiary/aromatic N) is 3. The molecular weight excluding hydrogens is 396 g/mol. The molecule has 32 heavy (non-hydrogen) atoms. The summed E-state index contributed by atoms with van der Waals surface area (Å²) < 4.78 is 0. The first kappa shape index (κ1) is 22.5. The summed E-state index contributed by atoms with van der Waals surface area (Å²) in [5, 5.41) is 0. The van der Waals surface area contributed by atoms with E-state index in [0.29, 0.717) is 6.42 Å². The number of benzene rings is 1. The highest BCUT2D eigenvalue weighted by Gasteiger charge is 2.24. The zero-order valence-electron chi connectivity index (χ0n) is 20.1. The van der Waals surface area contributed by atoms with Crippen LogP contribution in [0.15, 0.2) is 36.7 Å². The van der Waals surface area contributed by atoms with E-state index in [1.54, 1.807) is 6.33 Å². The maximum Gasteiger partial charge on any atom is 0.140 e. The molecule has 1 fully saturated rings. The third-order valence-electron chi connectivity index (χ3n) is 6.88. The van der Waals surface area contributed by atoms with Gasteiger partial charge in [-0.3, -0.25) is 4.79 Å². The minimum atomic E-state index is -0.135. The standard InChI is InChI=1S/C27H36N4O/c1-18-12-14-31(15-13-18)26-20(8-11-25(30-26)27(3,4)5)7-10-24(32)19(2)21-6-9-22-23(16-21)29-17-28-22/h6,8-9,11,16-19H,7,10,12-15H2,1-5H3,(H,28,29). The van der Waals surface area contributed by atoms with Gasteiger partial charge in [0.2, 0.25) is 0 Å². The Hall–Kier alpha value is -2.69. The lowest BCUT2D eigenvalue weighted by Crippen LogP contribution is -2.34. The van der Waals surface area contributed by atoms with Crippen molar-refractivity contribution in [3.63, 3.8) is 0 Å². The summed E-state index contributed by atoms with van der Waals surface area (Å²) >= 11 is 0. The molecule has 0 aliphatic carbocycles. The first-order valence-corrected chi connectivity index (χ1v) is 11.9. The summed E-state index contributed by atoms with van der Waals surface area (Å²) in [6.45, 7) is 13.1.